The second kappa shape index (κ2) is 8.90. The van der Waals surface area contributed by atoms with E-state index in [4.69, 9.17) is 4.74 Å². The highest BCUT2D eigenvalue weighted by Crippen LogP contribution is 2.36. The Balaban J connectivity index is 1.61. The molecule has 1 aliphatic rings. The van der Waals surface area contributed by atoms with Crippen molar-refractivity contribution in [2.75, 3.05) is 12.4 Å². The van der Waals surface area contributed by atoms with Gasteiger partial charge in [0.05, 0.1) is 12.5 Å². The summed E-state index contributed by atoms with van der Waals surface area (Å²) in [6.45, 7) is 1.95. The minimum absolute atomic E-state index is 0.0771. The predicted octanol–water partition coefficient (Wildman–Crippen LogP) is 3.35. The lowest BCUT2D eigenvalue weighted by Gasteiger charge is -2.35. The van der Waals surface area contributed by atoms with Crippen LogP contribution in [0.3, 0.4) is 0 Å². The lowest BCUT2D eigenvalue weighted by atomic mass is 9.72. The van der Waals surface area contributed by atoms with Crippen LogP contribution in [0.2, 0.25) is 0 Å². The van der Waals surface area contributed by atoms with E-state index in [9.17, 15) is 14.4 Å². The Bertz CT molecular complexity index is 907. The summed E-state index contributed by atoms with van der Waals surface area (Å²) >= 11 is 0. The number of aryl methyl sites for hydroxylation is 1. The minimum Gasteiger partial charge on any atom is -0.497 e. The summed E-state index contributed by atoms with van der Waals surface area (Å²) in [4.78, 5) is 36.3. The molecule has 0 aromatic heterocycles. The molecule has 2 aromatic carbocycles. The Morgan fingerprint density at radius 2 is 1.93 bits per heavy atom. The maximum absolute atomic E-state index is 12.5. The molecule has 3 rings (SSSR count). The van der Waals surface area contributed by atoms with Crippen molar-refractivity contribution in [3.63, 3.8) is 0 Å². The number of carbonyl (C=O) groups is 3. The molecule has 1 aliphatic heterocycles. The number of rotatable bonds is 7. The van der Waals surface area contributed by atoms with Gasteiger partial charge in [0.1, 0.15) is 5.75 Å². The standard InChI is InChI=1S/C23H26N2O4/c1-3-23(14-13-21(27)25-22(23)28)17-8-10-18(11-9-17)24-20(26)12-7-16-5-4-6-19(15-16)29-2/h4-6,8-11,15H,3,7,12-14H2,1-2H3,(H,24,26)(H,25,27,28). The van der Waals surface area contributed by atoms with Gasteiger partial charge in [-0.05, 0) is 54.7 Å². The monoisotopic (exact) mass is 394 g/mol. The summed E-state index contributed by atoms with van der Waals surface area (Å²) in [5.41, 5.74) is 1.89. The smallest absolute Gasteiger partial charge is 0.237 e. The van der Waals surface area contributed by atoms with E-state index >= 15 is 0 Å². The number of anilines is 1. The first-order valence-electron chi connectivity index (χ1n) is 9.84. The normalized spacial score (nSPS) is 18.8. The average molecular weight is 394 g/mol. The van der Waals surface area contributed by atoms with Gasteiger partial charge in [-0.1, -0.05) is 31.2 Å². The van der Waals surface area contributed by atoms with Crippen LogP contribution >= 0.6 is 0 Å². The maximum Gasteiger partial charge on any atom is 0.237 e. The van der Waals surface area contributed by atoms with Gasteiger partial charge >= 0.3 is 0 Å². The maximum atomic E-state index is 12.5. The average Bonchev–Trinajstić information content (AvgIpc) is 2.74. The van der Waals surface area contributed by atoms with E-state index < -0.39 is 5.41 Å². The van der Waals surface area contributed by atoms with E-state index in [0.717, 1.165) is 16.9 Å². The van der Waals surface area contributed by atoms with E-state index in [1.54, 1.807) is 19.2 Å². The van der Waals surface area contributed by atoms with Gasteiger partial charge in [-0.3, -0.25) is 19.7 Å². The van der Waals surface area contributed by atoms with E-state index in [1.807, 2.05) is 43.3 Å². The third-order valence-electron chi connectivity index (χ3n) is 5.57. The van der Waals surface area contributed by atoms with Crippen molar-refractivity contribution in [3.05, 3.63) is 59.7 Å². The molecule has 1 fully saturated rings. The Morgan fingerprint density at radius 1 is 1.17 bits per heavy atom. The van der Waals surface area contributed by atoms with E-state index in [-0.39, 0.29) is 17.7 Å². The minimum atomic E-state index is -0.692. The molecular weight excluding hydrogens is 368 g/mol. The molecule has 1 heterocycles. The third-order valence-corrected chi connectivity index (χ3v) is 5.57. The van der Waals surface area contributed by atoms with Crippen molar-refractivity contribution in [3.8, 4) is 5.75 Å². The molecule has 0 bridgehead atoms. The van der Waals surface area contributed by atoms with Crippen LogP contribution in [-0.4, -0.2) is 24.8 Å². The molecule has 0 aliphatic carbocycles. The molecule has 3 amide bonds. The largest absolute Gasteiger partial charge is 0.497 e. The number of methoxy groups -OCH3 is 1. The number of hydrogen-bond donors (Lipinski definition) is 2. The SMILES string of the molecule is CCC1(c2ccc(NC(=O)CCc3cccc(OC)c3)cc2)CCC(=O)NC1=O. The Labute approximate surface area is 170 Å². The molecule has 0 saturated carbocycles. The van der Waals surface area contributed by atoms with Crippen LogP contribution in [0, 0.1) is 0 Å². The van der Waals surface area contributed by atoms with Gasteiger partial charge < -0.3 is 10.1 Å². The molecule has 1 unspecified atom stereocenters. The van der Waals surface area contributed by atoms with Gasteiger partial charge in [0.25, 0.3) is 0 Å². The van der Waals surface area contributed by atoms with Crippen LogP contribution in [0.1, 0.15) is 43.7 Å². The fourth-order valence-corrected chi connectivity index (χ4v) is 3.75. The van der Waals surface area contributed by atoms with E-state index in [1.165, 1.54) is 0 Å². The Kier molecular flexibility index (Phi) is 6.32. The topological polar surface area (TPSA) is 84.5 Å². The Morgan fingerprint density at radius 3 is 2.59 bits per heavy atom. The second-order valence-corrected chi connectivity index (χ2v) is 7.29. The molecular formula is C23H26N2O4. The number of carbonyl (C=O) groups excluding carboxylic acids is 3. The van der Waals surface area contributed by atoms with E-state index in [2.05, 4.69) is 10.6 Å². The highest BCUT2D eigenvalue weighted by molar-refractivity contribution is 6.03. The first-order valence-corrected chi connectivity index (χ1v) is 9.84. The lowest BCUT2D eigenvalue weighted by molar-refractivity contribution is -0.138. The molecule has 1 atom stereocenters. The van der Waals surface area contributed by atoms with Crippen LogP contribution in [-0.2, 0) is 26.2 Å². The lowest BCUT2D eigenvalue weighted by Crippen LogP contribution is -2.51. The molecule has 0 spiro atoms. The molecule has 0 radical (unpaired) electrons. The fourth-order valence-electron chi connectivity index (χ4n) is 3.75. The molecule has 29 heavy (non-hydrogen) atoms. The second-order valence-electron chi connectivity index (χ2n) is 7.29. The number of benzene rings is 2. The third kappa shape index (κ3) is 4.65. The summed E-state index contributed by atoms with van der Waals surface area (Å²) in [6.07, 6.45) is 2.42. The van der Waals surface area contributed by atoms with Gasteiger partial charge in [0.15, 0.2) is 0 Å². The summed E-state index contributed by atoms with van der Waals surface area (Å²) in [5, 5.41) is 5.35. The quantitative estimate of drug-likeness (QED) is 0.706. The molecule has 6 heteroatoms. The van der Waals surface area contributed by atoms with Crippen molar-refractivity contribution in [1.82, 2.24) is 5.32 Å². The molecule has 6 nitrogen and oxygen atoms in total. The van der Waals surface area contributed by atoms with Gasteiger partial charge in [0.2, 0.25) is 17.7 Å². The van der Waals surface area contributed by atoms with Crippen molar-refractivity contribution in [2.45, 2.75) is 44.4 Å². The Hall–Kier alpha value is -3.15. The van der Waals surface area contributed by atoms with Crippen LogP contribution in [0.25, 0.3) is 0 Å². The number of hydrogen-bond acceptors (Lipinski definition) is 4. The molecule has 2 N–H and O–H groups in total. The highest BCUT2D eigenvalue weighted by Gasteiger charge is 2.42. The zero-order chi connectivity index (χ0) is 20.9. The van der Waals surface area contributed by atoms with Crippen LogP contribution in [0.5, 0.6) is 5.75 Å². The van der Waals surface area contributed by atoms with Crippen molar-refractivity contribution < 1.29 is 19.1 Å². The highest BCUT2D eigenvalue weighted by atomic mass is 16.5. The number of ether oxygens (including phenoxy) is 1. The first-order chi connectivity index (χ1) is 14.0. The summed E-state index contributed by atoms with van der Waals surface area (Å²) in [7, 11) is 1.62. The fraction of sp³-hybridized carbons (Fsp3) is 0.348. The zero-order valence-corrected chi connectivity index (χ0v) is 16.8. The summed E-state index contributed by atoms with van der Waals surface area (Å²) in [5.74, 6) is 0.230. The van der Waals surface area contributed by atoms with Crippen molar-refractivity contribution >= 4 is 23.4 Å². The molecule has 1 saturated heterocycles. The number of nitrogens with one attached hydrogen (secondary N) is 2. The van der Waals surface area contributed by atoms with Gasteiger partial charge in [-0.25, -0.2) is 0 Å². The number of imide groups is 1. The predicted molar refractivity (Wildman–Crippen MR) is 111 cm³/mol. The van der Waals surface area contributed by atoms with Crippen LogP contribution in [0.4, 0.5) is 5.69 Å². The van der Waals surface area contributed by atoms with E-state index in [0.29, 0.717) is 37.8 Å². The van der Waals surface area contributed by atoms with Gasteiger partial charge in [0, 0.05) is 18.5 Å². The molecule has 2 aromatic rings. The van der Waals surface area contributed by atoms with Crippen LogP contribution in [0.15, 0.2) is 48.5 Å². The number of amides is 3. The van der Waals surface area contributed by atoms with Crippen molar-refractivity contribution in [2.24, 2.45) is 0 Å². The first kappa shape index (κ1) is 20.6. The summed E-state index contributed by atoms with van der Waals surface area (Å²) in [6, 6.07) is 15.0. The number of piperidine rings is 1. The summed E-state index contributed by atoms with van der Waals surface area (Å²) < 4.78 is 5.20. The van der Waals surface area contributed by atoms with Gasteiger partial charge in [-0.2, -0.15) is 0 Å². The van der Waals surface area contributed by atoms with Crippen molar-refractivity contribution in [1.29, 1.82) is 0 Å². The zero-order valence-electron chi connectivity index (χ0n) is 16.8. The van der Waals surface area contributed by atoms with Gasteiger partial charge in [-0.15, -0.1) is 0 Å². The molecule has 152 valence electrons. The van der Waals surface area contributed by atoms with Crippen LogP contribution < -0.4 is 15.4 Å².